The predicted molar refractivity (Wildman–Crippen MR) is 118 cm³/mol. The van der Waals surface area contributed by atoms with E-state index in [1.807, 2.05) is 41.1 Å². The second-order valence-corrected chi connectivity index (χ2v) is 8.89. The van der Waals surface area contributed by atoms with Gasteiger partial charge in [-0.15, -0.1) is 5.10 Å². The molecule has 2 aromatic heterocycles. The van der Waals surface area contributed by atoms with Crippen LogP contribution in [0.5, 0.6) is 5.75 Å². The van der Waals surface area contributed by atoms with Crippen molar-refractivity contribution in [2.75, 3.05) is 7.11 Å². The third kappa shape index (κ3) is 3.78. The minimum absolute atomic E-state index is 0.0881. The highest BCUT2D eigenvalue weighted by Gasteiger charge is 2.28. The van der Waals surface area contributed by atoms with Crippen LogP contribution < -0.4 is 4.74 Å². The summed E-state index contributed by atoms with van der Waals surface area (Å²) >= 11 is 0. The summed E-state index contributed by atoms with van der Waals surface area (Å²) in [6, 6.07) is 16.1. The molecule has 164 valence electrons. The first-order valence-corrected chi connectivity index (χ1v) is 10.6. The molecule has 0 amide bonds. The molecule has 4 aromatic rings. The van der Waals surface area contributed by atoms with E-state index in [2.05, 4.69) is 53.4 Å². The Kier molecular flexibility index (Phi) is 5.01. The van der Waals surface area contributed by atoms with Crippen molar-refractivity contribution in [1.29, 1.82) is 0 Å². The highest BCUT2D eigenvalue weighted by atomic mass is 16.5. The number of nitrogens with zero attached hydrogens (tertiary/aromatic N) is 5. The third-order valence-electron chi connectivity index (χ3n) is 5.70. The molecular weight excluding hydrogens is 406 g/mol. The molecule has 3 heterocycles. The zero-order chi connectivity index (χ0) is 22.3. The number of hydrogen-bond donors (Lipinski definition) is 0. The monoisotopic (exact) mass is 431 g/mol. The van der Waals surface area contributed by atoms with Crippen LogP contribution in [0.4, 0.5) is 0 Å². The summed E-state index contributed by atoms with van der Waals surface area (Å²) < 4.78 is 18.8. The first kappa shape index (κ1) is 20.4. The Morgan fingerprint density at radius 2 is 1.91 bits per heavy atom. The molecule has 0 radical (unpaired) electrons. The lowest BCUT2D eigenvalue weighted by Gasteiger charge is -2.24. The summed E-state index contributed by atoms with van der Waals surface area (Å²) in [5, 5.41) is 12.7. The topological polar surface area (TPSA) is 88.1 Å². The molecule has 5 rings (SSSR count). The van der Waals surface area contributed by atoms with Gasteiger partial charge in [0.2, 0.25) is 5.82 Å². The van der Waals surface area contributed by atoms with Crippen molar-refractivity contribution in [2.24, 2.45) is 0 Å². The van der Waals surface area contributed by atoms with Crippen LogP contribution in [-0.4, -0.2) is 32.2 Å². The molecule has 0 aliphatic carbocycles. The average Bonchev–Trinajstić information content (AvgIpc) is 3.45. The molecule has 1 aliphatic heterocycles. The van der Waals surface area contributed by atoms with E-state index in [0.29, 0.717) is 30.6 Å². The van der Waals surface area contributed by atoms with Crippen LogP contribution in [0.3, 0.4) is 0 Å². The molecule has 2 aromatic carbocycles. The summed E-state index contributed by atoms with van der Waals surface area (Å²) in [7, 11) is 1.65. The van der Waals surface area contributed by atoms with Gasteiger partial charge >= 0.3 is 0 Å². The van der Waals surface area contributed by atoms with Crippen LogP contribution in [0.2, 0.25) is 0 Å². The molecule has 0 saturated heterocycles. The van der Waals surface area contributed by atoms with Crippen molar-refractivity contribution in [2.45, 2.75) is 45.4 Å². The molecule has 0 fully saturated rings. The van der Waals surface area contributed by atoms with Gasteiger partial charge in [0.05, 0.1) is 26.0 Å². The molecule has 32 heavy (non-hydrogen) atoms. The molecule has 8 heteroatoms. The molecule has 0 bridgehead atoms. The van der Waals surface area contributed by atoms with E-state index in [-0.39, 0.29) is 11.5 Å². The number of hydrogen-bond acceptors (Lipinski definition) is 7. The van der Waals surface area contributed by atoms with E-state index >= 15 is 0 Å². The standard InChI is InChI=1S/C24H25N5O3/c1-24(2,3)17-10-8-15(9-11-17)22-25-23(32-27-22)21-19-14-31-20(13-29(19)28-26-21)16-6-5-7-18(12-16)30-4/h5-12,20H,13-14H2,1-4H3. The smallest absolute Gasteiger partial charge is 0.280 e. The minimum atomic E-state index is -0.133. The number of fused-ring (bicyclic) bond motifs is 1. The fraction of sp³-hybridized carbons (Fsp3) is 0.333. The average molecular weight is 431 g/mol. The summed E-state index contributed by atoms with van der Waals surface area (Å²) in [5.41, 5.74) is 4.64. The second-order valence-electron chi connectivity index (χ2n) is 8.89. The Labute approximate surface area is 186 Å². The van der Waals surface area contributed by atoms with Gasteiger partial charge < -0.3 is 14.0 Å². The van der Waals surface area contributed by atoms with Gasteiger partial charge in [-0.1, -0.05) is 67.5 Å². The number of benzene rings is 2. The normalized spacial score (nSPS) is 16.1. The number of methoxy groups -OCH3 is 1. The number of aromatic nitrogens is 5. The van der Waals surface area contributed by atoms with Gasteiger partial charge in [0.25, 0.3) is 5.89 Å². The van der Waals surface area contributed by atoms with Crippen LogP contribution >= 0.6 is 0 Å². The summed E-state index contributed by atoms with van der Waals surface area (Å²) in [6.07, 6.45) is -0.133. The van der Waals surface area contributed by atoms with Crippen LogP contribution in [0.25, 0.3) is 23.0 Å². The Hall–Kier alpha value is -3.52. The lowest BCUT2D eigenvalue weighted by molar-refractivity contribution is -0.00127. The molecule has 1 unspecified atom stereocenters. The van der Waals surface area contributed by atoms with Gasteiger partial charge in [-0.3, -0.25) is 0 Å². The maximum atomic E-state index is 6.10. The van der Waals surface area contributed by atoms with E-state index in [1.165, 1.54) is 5.56 Å². The largest absolute Gasteiger partial charge is 0.497 e. The molecule has 1 aliphatic rings. The molecule has 1 atom stereocenters. The van der Waals surface area contributed by atoms with Gasteiger partial charge in [-0.2, -0.15) is 4.98 Å². The molecular formula is C24H25N5O3. The van der Waals surface area contributed by atoms with Crippen molar-refractivity contribution in [3.63, 3.8) is 0 Å². The first-order chi connectivity index (χ1) is 15.4. The Morgan fingerprint density at radius 3 is 2.66 bits per heavy atom. The molecule has 0 N–H and O–H groups in total. The maximum Gasteiger partial charge on any atom is 0.280 e. The van der Waals surface area contributed by atoms with E-state index in [0.717, 1.165) is 22.6 Å². The zero-order valence-corrected chi connectivity index (χ0v) is 18.6. The van der Waals surface area contributed by atoms with Crippen molar-refractivity contribution in [1.82, 2.24) is 25.1 Å². The third-order valence-corrected chi connectivity index (χ3v) is 5.70. The first-order valence-electron chi connectivity index (χ1n) is 10.6. The van der Waals surface area contributed by atoms with Crippen LogP contribution in [0.15, 0.2) is 53.1 Å². The van der Waals surface area contributed by atoms with Gasteiger partial charge in [0.15, 0.2) is 5.69 Å². The highest BCUT2D eigenvalue weighted by molar-refractivity contribution is 5.59. The summed E-state index contributed by atoms with van der Waals surface area (Å²) in [5.74, 6) is 1.66. The van der Waals surface area contributed by atoms with E-state index in [4.69, 9.17) is 14.0 Å². The summed E-state index contributed by atoms with van der Waals surface area (Å²) in [4.78, 5) is 4.56. The predicted octanol–water partition coefficient (Wildman–Crippen LogP) is 4.57. The van der Waals surface area contributed by atoms with Crippen molar-refractivity contribution < 1.29 is 14.0 Å². The number of ether oxygens (including phenoxy) is 2. The van der Waals surface area contributed by atoms with Gasteiger partial charge in [0.1, 0.15) is 11.9 Å². The van der Waals surface area contributed by atoms with Gasteiger partial charge in [0, 0.05) is 5.56 Å². The lowest BCUT2D eigenvalue weighted by atomic mass is 9.87. The fourth-order valence-corrected chi connectivity index (χ4v) is 3.78. The highest BCUT2D eigenvalue weighted by Crippen LogP contribution is 2.32. The van der Waals surface area contributed by atoms with Gasteiger partial charge in [-0.25, -0.2) is 4.68 Å². The lowest BCUT2D eigenvalue weighted by Crippen LogP contribution is -2.22. The Bertz CT molecular complexity index is 1240. The van der Waals surface area contributed by atoms with E-state index < -0.39 is 0 Å². The second kappa shape index (κ2) is 7.87. The number of rotatable bonds is 4. The zero-order valence-electron chi connectivity index (χ0n) is 18.6. The van der Waals surface area contributed by atoms with Crippen LogP contribution in [0.1, 0.15) is 43.7 Å². The molecule has 0 saturated carbocycles. The van der Waals surface area contributed by atoms with Gasteiger partial charge in [-0.05, 0) is 28.7 Å². The quantitative estimate of drug-likeness (QED) is 0.467. The Balaban J connectivity index is 1.37. The fourth-order valence-electron chi connectivity index (χ4n) is 3.78. The Morgan fingerprint density at radius 1 is 1.09 bits per heavy atom. The summed E-state index contributed by atoms with van der Waals surface area (Å²) in [6.45, 7) is 7.45. The van der Waals surface area contributed by atoms with Crippen molar-refractivity contribution >= 4 is 0 Å². The van der Waals surface area contributed by atoms with Crippen molar-refractivity contribution in [3.05, 3.63) is 65.4 Å². The van der Waals surface area contributed by atoms with Crippen molar-refractivity contribution in [3.8, 4) is 28.7 Å². The SMILES string of the molecule is COc1cccc(C2Cn3nnc(-c4nc(-c5ccc(C(C)(C)C)cc5)no4)c3CO2)c1. The maximum absolute atomic E-state index is 6.10. The van der Waals surface area contributed by atoms with E-state index in [1.54, 1.807) is 7.11 Å². The van der Waals surface area contributed by atoms with Crippen LogP contribution in [-0.2, 0) is 23.3 Å². The molecule has 8 nitrogen and oxygen atoms in total. The van der Waals surface area contributed by atoms with E-state index in [9.17, 15) is 0 Å². The molecule has 0 spiro atoms. The van der Waals surface area contributed by atoms with Crippen LogP contribution in [0, 0.1) is 0 Å². The minimum Gasteiger partial charge on any atom is -0.497 e.